The summed E-state index contributed by atoms with van der Waals surface area (Å²) < 4.78 is 46.1. The van der Waals surface area contributed by atoms with Gasteiger partial charge in [-0.05, 0) is 18.4 Å². The number of ketones is 1. The number of rotatable bonds is 2. The lowest BCUT2D eigenvalue weighted by Crippen LogP contribution is -2.33. The number of aromatic nitrogens is 3. The summed E-state index contributed by atoms with van der Waals surface area (Å²) in [5, 5.41) is 6.57. The molecule has 9 heteroatoms. The molecule has 0 fully saturated rings. The molecule has 0 saturated carbocycles. The fraction of sp³-hybridized carbons (Fsp3) is 0.389. The highest BCUT2D eigenvalue weighted by Crippen LogP contribution is 2.44. The summed E-state index contributed by atoms with van der Waals surface area (Å²) in [6.07, 6.45) is -3.79. The summed E-state index contributed by atoms with van der Waals surface area (Å²) in [6, 6.07) is 6.11. The van der Waals surface area contributed by atoms with Crippen LogP contribution in [0.3, 0.4) is 0 Å². The second-order valence-corrected chi connectivity index (χ2v) is 6.80. The first kappa shape index (κ1) is 17.6. The number of fused-ring (bicyclic) bond motifs is 1. The van der Waals surface area contributed by atoms with Gasteiger partial charge in [-0.2, -0.15) is 18.2 Å². The largest absolute Gasteiger partial charge is 0.496 e. The van der Waals surface area contributed by atoms with Crippen molar-refractivity contribution in [2.75, 3.05) is 12.4 Å². The molecule has 1 aliphatic carbocycles. The highest BCUT2D eigenvalue weighted by molar-refractivity contribution is 5.99. The van der Waals surface area contributed by atoms with Crippen LogP contribution in [-0.4, -0.2) is 27.7 Å². The zero-order valence-corrected chi connectivity index (χ0v) is 14.7. The van der Waals surface area contributed by atoms with Crippen molar-refractivity contribution >= 4 is 11.7 Å². The van der Waals surface area contributed by atoms with Crippen molar-refractivity contribution in [1.29, 1.82) is 0 Å². The van der Waals surface area contributed by atoms with Gasteiger partial charge in [0.05, 0.1) is 7.11 Å². The molecule has 27 heavy (non-hydrogen) atoms. The molecule has 0 radical (unpaired) electrons. The number of carbonyl (C=O) groups excluding carboxylic acids is 1. The summed E-state index contributed by atoms with van der Waals surface area (Å²) in [5.74, 6) is -0.817. The van der Waals surface area contributed by atoms with Gasteiger partial charge in [-0.25, -0.2) is 4.68 Å². The zero-order chi connectivity index (χ0) is 19.3. The Hall–Kier alpha value is -2.84. The molecule has 1 aliphatic heterocycles. The number of Topliss-reactive ketones (excluding diaryl/α,β-unsaturated/α-hetero) is 1. The Balaban J connectivity index is 1.95. The number of allylic oxidation sites excluding steroid dienone is 2. The van der Waals surface area contributed by atoms with Gasteiger partial charge >= 0.3 is 6.18 Å². The number of hydrogen-bond acceptors (Lipinski definition) is 5. The van der Waals surface area contributed by atoms with Crippen LogP contribution in [0.25, 0.3) is 0 Å². The number of hydrogen-bond donors (Lipinski definition) is 1. The van der Waals surface area contributed by atoms with Crippen LogP contribution in [0.4, 0.5) is 19.1 Å². The van der Waals surface area contributed by atoms with Crippen molar-refractivity contribution in [1.82, 2.24) is 14.8 Å². The van der Waals surface area contributed by atoms with Gasteiger partial charge in [-0.15, -0.1) is 5.10 Å². The molecule has 0 saturated heterocycles. The minimum absolute atomic E-state index is 0.0288. The van der Waals surface area contributed by atoms with E-state index in [0.717, 1.165) is 4.68 Å². The monoisotopic (exact) mass is 378 g/mol. The quantitative estimate of drug-likeness (QED) is 0.865. The van der Waals surface area contributed by atoms with E-state index in [1.807, 2.05) is 6.92 Å². The molecular weight excluding hydrogens is 361 g/mol. The Morgan fingerprint density at radius 3 is 2.70 bits per heavy atom. The summed E-state index contributed by atoms with van der Waals surface area (Å²) in [5.41, 5.74) is 1.59. The van der Waals surface area contributed by atoms with Crippen LogP contribution in [0.15, 0.2) is 35.5 Å². The van der Waals surface area contributed by atoms with Crippen LogP contribution in [0.2, 0.25) is 0 Å². The minimum atomic E-state index is -4.69. The lowest BCUT2D eigenvalue weighted by atomic mass is 9.81. The zero-order valence-electron chi connectivity index (χ0n) is 14.7. The summed E-state index contributed by atoms with van der Waals surface area (Å²) >= 11 is 0. The van der Waals surface area contributed by atoms with E-state index < -0.39 is 18.0 Å². The van der Waals surface area contributed by atoms with Crippen molar-refractivity contribution in [3.63, 3.8) is 0 Å². The van der Waals surface area contributed by atoms with Crippen molar-refractivity contribution in [3.05, 3.63) is 46.9 Å². The first-order valence-corrected chi connectivity index (χ1v) is 8.49. The van der Waals surface area contributed by atoms with E-state index in [-0.39, 0.29) is 17.6 Å². The highest BCUT2D eigenvalue weighted by Gasteiger charge is 2.43. The lowest BCUT2D eigenvalue weighted by molar-refractivity contribution is -0.145. The van der Waals surface area contributed by atoms with Crippen LogP contribution < -0.4 is 10.1 Å². The Bertz CT molecular complexity index is 948. The van der Waals surface area contributed by atoms with E-state index in [1.54, 1.807) is 24.3 Å². The lowest BCUT2D eigenvalue weighted by Gasteiger charge is -2.34. The number of benzene rings is 1. The van der Waals surface area contributed by atoms with Crippen molar-refractivity contribution in [3.8, 4) is 5.75 Å². The van der Waals surface area contributed by atoms with Gasteiger partial charge in [0.15, 0.2) is 5.78 Å². The van der Waals surface area contributed by atoms with Gasteiger partial charge in [0.25, 0.3) is 5.82 Å². The van der Waals surface area contributed by atoms with Gasteiger partial charge in [0.2, 0.25) is 5.95 Å². The number of anilines is 1. The Labute approximate surface area is 153 Å². The average Bonchev–Trinajstić information content (AvgIpc) is 3.03. The minimum Gasteiger partial charge on any atom is -0.496 e. The second-order valence-electron chi connectivity index (χ2n) is 6.80. The van der Waals surface area contributed by atoms with E-state index in [0.29, 0.717) is 35.4 Å². The van der Waals surface area contributed by atoms with E-state index in [9.17, 15) is 18.0 Å². The van der Waals surface area contributed by atoms with E-state index in [2.05, 4.69) is 15.4 Å². The molecule has 1 aromatic carbocycles. The van der Waals surface area contributed by atoms with Gasteiger partial charge < -0.3 is 10.1 Å². The maximum atomic E-state index is 13.2. The van der Waals surface area contributed by atoms with Crippen LogP contribution in [-0.2, 0) is 11.0 Å². The van der Waals surface area contributed by atoms with Crippen molar-refractivity contribution in [2.24, 2.45) is 5.92 Å². The van der Waals surface area contributed by atoms with Crippen LogP contribution in [0.5, 0.6) is 5.75 Å². The van der Waals surface area contributed by atoms with Gasteiger partial charge in [-0.1, -0.05) is 25.1 Å². The van der Waals surface area contributed by atoms with Gasteiger partial charge in [0, 0.05) is 23.3 Å². The molecule has 2 aromatic rings. The normalized spacial score (nSPS) is 22.2. The second kappa shape index (κ2) is 6.11. The van der Waals surface area contributed by atoms with Crippen molar-refractivity contribution < 1.29 is 22.7 Å². The molecule has 0 unspecified atom stereocenters. The summed E-state index contributed by atoms with van der Waals surface area (Å²) in [4.78, 5) is 16.4. The molecule has 0 amide bonds. The van der Waals surface area contributed by atoms with E-state index in [4.69, 9.17) is 4.74 Å². The predicted octanol–water partition coefficient (Wildman–Crippen LogP) is 3.57. The smallest absolute Gasteiger partial charge is 0.453 e. The third-order valence-corrected chi connectivity index (χ3v) is 4.81. The Morgan fingerprint density at radius 1 is 1.26 bits per heavy atom. The number of nitrogens with one attached hydrogen (secondary N) is 1. The molecular formula is C18H17F3N4O2. The van der Waals surface area contributed by atoms with E-state index >= 15 is 0 Å². The van der Waals surface area contributed by atoms with Gasteiger partial charge in [-0.3, -0.25) is 4.79 Å². The highest BCUT2D eigenvalue weighted by atomic mass is 19.4. The molecule has 1 N–H and O–H groups in total. The number of ether oxygens (including phenoxy) is 1. The van der Waals surface area contributed by atoms with E-state index in [1.165, 1.54) is 7.11 Å². The molecule has 2 aliphatic rings. The number of alkyl halides is 3. The molecule has 2 heterocycles. The van der Waals surface area contributed by atoms with Crippen LogP contribution in [0.1, 0.15) is 37.2 Å². The maximum absolute atomic E-state index is 13.2. The number of nitrogens with zero attached hydrogens (tertiary/aromatic N) is 3. The first-order valence-electron chi connectivity index (χ1n) is 8.49. The third kappa shape index (κ3) is 2.87. The summed E-state index contributed by atoms with van der Waals surface area (Å²) in [6.45, 7) is 1.93. The third-order valence-electron chi connectivity index (χ3n) is 4.81. The fourth-order valence-electron chi connectivity index (χ4n) is 3.71. The maximum Gasteiger partial charge on any atom is 0.453 e. The molecule has 4 rings (SSSR count). The Morgan fingerprint density at radius 2 is 2.00 bits per heavy atom. The molecule has 2 atom stereocenters. The van der Waals surface area contributed by atoms with Crippen LogP contribution >= 0.6 is 0 Å². The number of methoxy groups -OCH3 is 1. The van der Waals surface area contributed by atoms with Crippen LogP contribution in [0, 0.1) is 5.92 Å². The summed E-state index contributed by atoms with van der Waals surface area (Å²) in [7, 11) is 1.48. The molecule has 6 nitrogen and oxygen atoms in total. The van der Waals surface area contributed by atoms with Gasteiger partial charge in [0.1, 0.15) is 11.8 Å². The first-order chi connectivity index (χ1) is 12.8. The van der Waals surface area contributed by atoms with Crippen molar-refractivity contribution in [2.45, 2.75) is 32.0 Å². The number of para-hydroxylation sites is 1. The fourth-order valence-corrected chi connectivity index (χ4v) is 3.71. The molecule has 142 valence electrons. The Kier molecular flexibility index (Phi) is 3.97. The SMILES string of the molecule is COc1ccccc1[C@H]1C2=C(C[C@H](C)CC2=O)Nc2nc(C(F)(F)F)nn21. The number of carbonyl (C=O) groups is 1. The molecule has 0 spiro atoms. The standard InChI is InChI=1S/C18H17F3N4O2/c1-9-7-11-14(12(26)8-9)15(10-5-3-4-6-13(10)27-2)25-17(22-11)23-16(24-25)18(19,20)21/h3-6,9,15H,7-8H2,1-2H3,(H,22,23,24)/t9-,15-/m0/s1. The molecule has 0 bridgehead atoms. The molecule has 1 aromatic heterocycles. The topological polar surface area (TPSA) is 69.0 Å². The average molecular weight is 378 g/mol. The number of halogens is 3. The predicted molar refractivity (Wildman–Crippen MR) is 90.2 cm³/mol.